The van der Waals surface area contributed by atoms with E-state index in [-0.39, 0.29) is 36.9 Å². The van der Waals surface area contributed by atoms with Crippen LogP contribution in [0.15, 0.2) is 46.9 Å². The van der Waals surface area contributed by atoms with E-state index in [1.54, 1.807) is 25.3 Å². The fourth-order valence-electron chi connectivity index (χ4n) is 5.30. The molecule has 2 fully saturated rings. The summed E-state index contributed by atoms with van der Waals surface area (Å²) in [4.78, 5) is 27.1. The number of halogens is 4. The van der Waals surface area contributed by atoms with Gasteiger partial charge in [0.2, 0.25) is 5.91 Å². The summed E-state index contributed by atoms with van der Waals surface area (Å²) in [5, 5.41) is 0. The van der Waals surface area contributed by atoms with Gasteiger partial charge in [-0.3, -0.25) is 19.6 Å². The molecule has 2 saturated heterocycles. The van der Waals surface area contributed by atoms with Crippen molar-refractivity contribution in [3.05, 3.63) is 47.6 Å². The minimum Gasteiger partial charge on any atom is -0.381 e. The van der Waals surface area contributed by atoms with Crippen molar-refractivity contribution in [1.29, 1.82) is 0 Å². The standard InChI is InChI=1S/C27H35F4N5O2/c1-2-25(37)36(24-8-5-7-23(33-24)27(29,30)31)20-26(10-18-38-19-11-26)35-16-14-34(15-17-35)13-9-22-21(28)6-3-4-12-32-22/h3-5,7-8,12H,2,6,9-11,13-20H2,1H3. The van der Waals surface area contributed by atoms with Crippen LogP contribution >= 0.6 is 0 Å². The Bertz CT molecular complexity index is 1060. The zero-order chi connectivity index (χ0) is 27.2. The van der Waals surface area contributed by atoms with Gasteiger partial charge in [-0.05, 0) is 31.1 Å². The van der Waals surface area contributed by atoms with E-state index in [1.165, 1.54) is 17.0 Å². The first-order valence-electron chi connectivity index (χ1n) is 13.2. The van der Waals surface area contributed by atoms with Crippen LogP contribution in [-0.2, 0) is 15.7 Å². The Morgan fingerprint density at radius 3 is 2.58 bits per heavy atom. The fourth-order valence-corrected chi connectivity index (χ4v) is 5.30. The van der Waals surface area contributed by atoms with E-state index in [9.17, 15) is 22.4 Å². The van der Waals surface area contributed by atoms with Crippen molar-refractivity contribution in [3.63, 3.8) is 0 Å². The van der Waals surface area contributed by atoms with Gasteiger partial charge < -0.3 is 9.64 Å². The number of ether oxygens (including phenoxy) is 1. The molecule has 0 spiro atoms. The lowest BCUT2D eigenvalue weighted by atomic mass is 9.86. The van der Waals surface area contributed by atoms with Crippen molar-refractivity contribution in [1.82, 2.24) is 14.8 Å². The molecule has 1 aromatic rings. The number of hydrogen-bond donors (Lipinski definition) is 0. The van der Waals surface area contributed by atoms with E-state index < -0.39 is 17.4 Å². The van der Waals surface area contributed by atoms with Crippen molar-refractivity contribution in [2.45, 2.75) is 50.7 Å². The first kappa shape index (κ1) is 28.4. The first-order chi connectivity index (χ1) is 18.2. The Hall–Kier alpha value is -2.63. The summed E-state index contributed by atoms with van der Waals surface area (Å²) in [6.45, 7) is 6.67. The van der Waals surface area contributed by atoms with Gasteiger partial charge in [-0.2, -0.15) is 13.2 Å². The third-order valence-corrected chi connectivity index (χ3v) is 7.55. The Kier molecular flexibility index (Phi) is 9.32. The highest BCUT2D eigenvalue weighted by Gasteiger charge is 2.43. The monoisotopic (exact) mass is 537 g/mol. The third-order valence-electron chi connectivity index (χ3n) is 7.55. The van der Waals surface area contributed by atoms with Crippen LogP contribution < -0.4 is 4.90 Å². The topological polar surface area (TPSA) is 61.3 Å². The summed E-state index contributed by atoms with van der Waals surface area (Å²) in [6, 6.07) is 3.68. The highest BCUT2D eigenvalue weighted by Crippen LogP contribution is 2.34. The average molecular weight is 538 g/mol. The van der Waals surface area contributed by atoms with Crippen LogP contribution in [-0.4, -0.2) is 84.9 Å². The molecule has 208 valence electrons. The van der Waals surface area contributed by atoms with Crippen LogP contribution in [0, 0.1) is 0 Å². The zero-order valence-electron chi connectivity index (χ0n) is 21.7. The summed E-state index contributed by atoms with van der Waals surface area (Å²) < 4.78 is 60.0. The maximum absolute atomic E-state index is 14.2. The molecule has 0 bridgehead atoms. The molecule has 3 aliphatic heterocycles. The van der Waals surface area contributed by atoms with E-state index in [0.717, 1.165) is 32.2 Å². The van der Waals surface area contributed by atoms with E-state index in [4.69, 9.17) is 4.74 Å². The highest BCUT2D eigenvalue weighted by molar-refractivity contribution is 5.92. The van der Waals surface area contributed by atoms with Crippen LogP contribution in [0.3, 0.4) is 0 Å². The predicted molar refractivity (Wildman–Crippen MR) is 138 cm³/mol. The van der Waals surface area contributed by atoms with Crippen molar-refractivity contribution in [2.24, 2.45) is 4.99 Å². The molecule has 1 aromatic heterocycles. The summed E-state index contributed by atoms with van der Waals surface area (Å²) >= 11 is 0. The number of allylic oxidation sites excluding steroid dienone is 3. The molecule has 1 amide bonds. The van der Waals surface area contributed by atoms with Crippen LogP contribution in [0.2, 0.25) is 0 Å². The smallest absolute Gasteiger partial charge is 0.381 e. The van der Waals surface area contributed by atoms with Crippen molar-refractivity contribution in [3.8, 4) is 0 Å². The molecule has 7 nitrogen and oxygen atoms in total. The second kappa shape index (κ2) is 12.5. The number of piperazine rings is 1. The predicted octanol–water partition coefficient (Wildman–Crippen LogP) is 4.61. The van der Waals surface area contributed by atoms with Gasteiger partial charge in [0, 0.05) is 83.5 Å². The number of nitrogens with zero attached hydrogens (tertiary/aromatic N) is 5. The molecule has 0 atom stereocenters. The SMILES string of the molecule is CCC(=O)N(CC1(N2CCN(CCC3=C(F)CC=CC=N3)CC2)CCOCC1)c1cccc(C(F)(F)F)n1. The summed E-state index contributed by atoms with van der Waals surface area (Å²) in [5.41, 5.74) is -0.962. The largest absolute Gasteiger partial charge is 0.433 e. The van der Waals surface area contributed by atoms with Crippen LogP contribution in [0.4, 0.5) is 23.4 Å². The van der Waals surface area contributed by atoms with Gasteiger partial charge in [-0.15, -0.1) is 0 Å². The summed E-state index contributed by atoms with van der Waals surface area (Å²) in [7, 11) is 0. The number of hydrogen-bond acceptors (Lipinski definition) is 6. The van der Waals surface area contributed by atoms with Crippen LogP contribution in [0.25, 0.3) is 0 Å². The summed E-state index contributed by atoms with van der Waals surface area (Å²) in [6.07, 6.45) is 2.81. The zero-order valence-corrected chi connectivity index (χ0v) is 21.7. The molecule has 38 heavy (non-hydrogen) atoms. The molecule has 11 heteroatoms. The van der Waals surface area contributed by atoms with E-state index >= 15 is 0 Å². The second-order valence-corrected chi connectivity index (χ2v) is 9.89. The lowest BCUT2D eigenvalue weighted by Crippen LogP contribution is -2.63. The maximum Gasteiger partial charge on any atom is 0.433 e. The number of amides is 1. The van der Waals surface area contributed by atoms with Gasteiger partial charge in [-0.1, -0.05) is 19.1 Å². The van der Waals surface area contributed by atoms with Gasteiger partial charge in [0.05, 0.1) is 5.70 Å². The van der Waals surface area contributed by atoms with E-state index in [0.29, 0.717) is 44.7 Å². The number of carbonyl (C=O) groups is 1. The molecule has 0 unspecified atom stereocenters. The Morgan fingerprint density at radius 1 is 1.16 bits per heavy atom. The number of alkyl halides is 3. The number of aromatic nitrogens is 1. The van der Waals surface area contributed by atoms with Gasteiger partial charge >= 0.3 is 6.18 Å². The van der Waals surface area contributed by atoms with Gasteiger partial charge in [0.1, 0.15) is 17.3 Å². The number of anilines is 1. The second-order valence-electron chi connectivity index (χ2n) is 9.89. The van der Waals surface area contributed by atoms with Gasteiger partial charge in [0.15, 0.2) is 0 Å². The normalized spacial score (nSPS) is 21.0. The van der Waals surface area contributed by atoms with E-state index in [1.807, 2.05) is 0 Å². The molecule has 0 aliphatic carbocycles. The molecule has 4 heterocycles. The molecular formula is C27H35F4N5O2. The summed E-state index contributed by atoms with van der Waals surface area (Å²) in [5.74, 6) is -0.446. The first-order valence-corrected chi connectivity index (χ1v) is 13.2. The van der Waals surface area contributed by atoms with Crippen LogP contribution in [0.1, 0.15) is 44.7 Å². The fraction of sp³-hybridized carbons (Fsp3) is 0.593. The van der Waals surface area contributed by atoms with Gasteiger partial charge in [-0.25, -0.2) is 9.37 Å². The van der Waals surface area contributed by atoms with E-state index in [2.05, 4.69) is 19.8 Å². The lowest BCUT2D eigenvalue weighted by molar-refractivity contribution is -0.141. The minimum absolute atomic E-state index is 0.0184. The molecule has 0 N–H and O–H groups in total. The Labute approximate surface area is 220 Å². The van der Waals surface area contributed by atoms with Crippen molar-refractivity contribution < 1.29 is 27.1 Å². The maximum atomic E-state index is 14.2. The van der Waals surface area contributed by atoms with Crippen molar-refractivity contribution >= 4 is 17.9 Å². The lowest BCUT2D eigenvalue weighted by Gasteiger charge is -2.51. The third kappa shape index (κ3) is 6.86. The Balaban J connectivity index is 1.47. The number of aliphatic imine (C=N–C) groups is 1. The number of pyridine rings is 1. The minimum atomic E-state index is -4.60. The van der Waals surface area contributed by atoms with Gasteiger partial charge in [0.25, 0.3) is 0 Å². The molecule has 3 aliphatic rings. The molecule has 4 rings (SSSR count). The molecule has 0 radical (unpaired) electrons. The molecule has 0 saturated carbocycles. The van der Waals surface area contributed by atoms with Crippen molar-refractivity contribution in [2.75, 3.05) is 57.4 Å². The number of carbonyl (C=O) groups excluding carboxylic acids is 1. The average Bonchev–Trinajstić information content (AvgIpc) is 3.14. The quantitative estimate of drug-likeness (QED) is 0.454. The number of rotatable bonds is 8. The van der Waals surface area contributed by atoms with Crippen LogP contribution in [0.5, 0.6) is 0 Å². The molecule has 0 aromatic carbocycles. The Morgan fingerprint density at radius 2 is 1.89 bits per heavy atom. The molecular weight excluding hydrogens is 502 g/mol. The highest BCUT2D eigenvalue weighted by atomic mass is 19.4.